The van der Waals surface area contributed by atoms with Gasteiger partial charge in [-0.3, -0.25) is 0 Å². The normalized spacial score (nSPS) is 12.8. The molecule has 0 radical (unpaired) electrons. The maximum absolute atomic E-state index is 10.9. The Balaban J connectivity index is 3.29. The molecule has 4 heteroatoms. The van der Waals surface area contributed by atoms with Crippen molar-refractivity contribution in [2.75, 3.05) is 26.4 Å². The van der Waals surface area contributed by atoms with Gasteiger partial charge < -0.3 is 14.8 Å². The molecule has 1 unspecified atom stereocenters. The van der Waals surface area contributed by atoms with Crippen LogP contribution < -0.4 is 5.32 Å². The molecule has 0 saturated carbocycles. The molecule has 0 aromatic rings. The van der Waals surface area contributed by atoms with Crippen molar-refractivity contribution < 1.29 is 14.3 Å². The molecule has 0 aliphatic rings. The van der Waals surface area contributed by atoms with Crippen LogP contribution in [0.1, 0.15) is 34.1 Å². The molecule has 0 heterocycles. The van der Waals surface area contributed by atoms with E-state index in [9.17, 15) is 4.79 Å². The fourth-order valence-electron chi connectivity index (χ4n) is 1.53. The second kappa shape index (κ2) is 9.60. The first kappa shape index (κ1) is 15.4. The van der Waals surface area contributed by atoms with Crippen LogP contribution in [0, 0.1) is 5.92 Å². The summed E-state index contributed by atoms with van der Waals surface area (Å²) in [6, 6.07) is 0.492. The van der Waals surface area contributed by atoms with Gasteiger partial charge in [-0.05, 0) is 26.2 Å². The van der Waals surface area contributed by atoms with Gasteiger partial charge in [0.05, 0.1) is 13.2 Å². The summed E-state index contributed by atoms with van der Waals surface area (Å²) in [7, 11) is 0. The minimum atomic E-state index is -0.294. The second-order valence-electron chi connectivity index (χ2n) is 4.34. The van der Waals surface area contributed by atoms with Crippen molar-refractivity contribution in [1.29, 1.82) is 0 Å². The number of rotatable bonds is 9. The first-order valence-corrected chi connectivity index (χ1v) is 6.03. The fraction of sp³-hybridized carbons (Fsp3) is 0.917. The lowest BCUT2D eigenvalue weighted by molar-refractivity contribution is -0.148. The Labute approximate surface area is 98.7 Å². The third-order valence-corrected chi connectivity index (χ3v) is 2.09. The average Bonchev–Trinajstić information content (AvgIpc) is 2.16. The zero-order valence-electron chi connectivity index (χ0n) is 10.9. The van der Waals surface area contributed by atoms with Crippen LogP contribution in [-0.4, -0.2) is 38.4 Å². The summed E-state index contributed by atoms with van der Waals surface area (Å²) < 4.78 is 9.90. The molecule has 0 saturated heterocycles. The Kier molecular flexibility index (Phi) is 9.24. The summed E-state index contributed by atoms with van der Waals surface area (Å²) in [4.78, 5) is 10.9. The number of hydrogen-bond donors (Lipinski definition) is 1. The van der Waals surface area contributed by atoms with Crippen LogP contribution in [0.4, 0.5) is 0 Å². The number of ether oxygens (including phenoxy) is 2. The Morgan fingerprint density at radius 2 is 2.00 bits per heavy atom. The summed E-state index contributed by atoms with van der Waals surface area (Å²) in [5, 5.41) is 3.34. The highest BCUT2D eigenvalue weighted by molar-refractivity contribution is 5.70. The third-order valence-electron chi connectivity index (χ3n) is 2.09. The molecule has 0 aliphatic carbocycles. The summed E-state index contributed by atoms with van der Waals surface area (Å²) in [5.74, 6) is 0.403. The van der Waals surface area contributed by atoms with Crippen molar-refractivity contribution >= 4 is 5.97 Å². The van der Waals surface area contributed by atoms with Gasteiger partial charge in [0, 0.05) is 12.6 Å². The number of hydrogen-bond acceptors (Lipinski definition) is 4. The van der Waals surface area contributed by atoms with E-state index in [1.807, 2.05) is 0 Å². The number of esters is 1. The van der Waals surface area contributed by atoms with Crippen molar-refractivity contribution in [1.82, 2.24) is 5.32 Å². The summed E-state index contributed by atoms with van der Waals surface area (Å²) in [6.45, 7) is 10.1. The number of carbonyl (C=O) groups excluding carboxylic acids is 1. The van der Waals surface area contributed by atoms with Crippen molar-refractivity contribution in [3.63, 3.8) is 0 Å². The van der Waals surface area contributed by atoms with E-state index in [1.54, 1.807) is 6.92 Å². The van der Waals surface area contributed by atoms with Gasteiger partial charge >= 0.3 is 5.97 Å². The van der Waals surface area contributed by atoms with E-state index < -0.39 is 0 Å². The van der Waals surface area contributed by atoms with Crippen molar-refractivity contribution in [3.8, 4) is 0 Å². The molecular weight excluding hydrogens is 206 g/mol. The highest BCUT2D eigenvalue weighted by Crippen LogP contribution is 2.02. The van der Waals surface area contributed by atoms with Gasteiger partial charge in [-0.2, -0.15) is 0 Å². The molecule has 0 aromatic heterocycles. The average molecular weight is 231 g/mol. The van der Waals surface area contributed by atoms with Gasteiger partial charge in [0.15, 0.2) is 0 Å². The second-order valence-corrected chi connectivity index (χ2v) is 4.34. The summed E-state index contributed by atoms with van der Waals surface area (Å²) in [5.41, 5.74) is 0. The van der Waals surface area contributed by atoms with Crippen LogP contribution in [0.25, 0.3) is 0 Å². The number of carbonyl (C=O) groups is 1. The van der Waals surface area contributed by atoms with Gasteiger partial charge in [-0.1, -0.05) is 13.8 Å². The molecule has 0 aliphatic heterocycles. The highest BCUT2D eigenvalue weighted by atomic mass is 16.6. The lowest BCUT2D eigenvalue weighted by atomic mass is 10.1. The SMILES string of the molecule is CCOC(=O)COCCNC(C)CC(C)C. The molecule has 1 atom stereocenters. The Morgan fingerprint density at radius 3 is 2.56 bits per heavy atom. The van der Waals surface area contributed by atoms with Crippen LogP contribution in [-0.2, 0) is 14.3 Å². The van der Waals surface area contributed by atoms with E-state index in [0.29, 0.717) is 25.2 Å². The van der Waals surface area contributed by atoms with Gasteiger partial charge in [0.1, 0.15) is 6.61 Å². The zero-order valence-corrected chi connectivity index (χ0v) is 10.9. The first-order valence-electron chi connectivity index (χ1n) is 6.03. The Bertz CT molecular complexity index is 183. The molecular formula is C12H25NO3. The molecule has 0 fully saturated rings. The predicted octanol–water partition coefficient (Wildman–Crippen LogP) is 1.59. The first-order chi connectivity index (χ1) is 7.56. The standard InChI is InChI=1S/C12H25NO3/c1-5-16-12(14)9-15-7-6-13-11(4)8-10(2)3/h10-11,13H,5-9H2,1-4H3. The topological polar surface area (TPSA) is 47.6 Å². The van der Waals surface area contributed by atoms with E-state index >= 15 is 0 Å². The predicted molar refractivity (Wildman–Crippen MR) is 64.4 cm³/mol. The van der Waals surface area contributed by atoms with Crippen molar-refractivity contribution in [3.05, 3.63) is 0 Å². The van der Waals surface area contributed by atoms with E-state index in [1.165, 1.54) is 0 Å². The lowest BCUT2D eigenvalue weighted by Gasteiger charge is -2.15. The number of nitrogens with one attached hydrogen (secondary N) is 1. The molecule has 0 rings (SSSR count). The molecule has 0 spiro atoms. The molecule has 0 aromatic carbocycles. The fourth-order valence-corrected chi connectivity index (χ4v) is 1.53. The summed E-state index contributed by atoms with van der Waals surface area (Å²) in [6.07, 6.45) is 1.15. The minimum absolute atomic E-state index is 0.0497. The van der Waals surface area contributed by atoms with Crippen LogP contribution in [0.15, 0.2) is 0 Å². The highest BCUT2D eigenvalue weighted by Gasteiger charge is 2.04. The van der Waals surface area contributed by atoms with Gasteiger partial charge in [-0.15, -0.1) is 0 Å². The van der Waals surface area contributed by atoms with E-state index in [0.717, 1.165) is 13.0 Å². The largest absolute Gasteiger partial charge is 0.464 e. The Morgan fingerprint density at radius 1 is 1.31 bits per heavy atom. The zero-order chi connectivity index (χ0) is 12.4. The van der Waals surface area contributed by atoms with Crippen LogP contribution >= 0.6 is 0 Å². The summed E-state index contributed by atoms with van der Waals surface area (Å²) >= 11 is 0. The molecule has 0 bridgehead atoms. The quantitative estimate of drug-likeness (QED) is 0.483. The molecule has 1 N–H and O–H groups in total. The van der Waals surface area contributed by atoms with Gasteiger partial charge in [-0.25, -0.2) is 4.79 Å². The maximum atomic E-state index is 10.9. The van der Waals surface area contributed by atoms with E-state index in [-0.39, 0.29) is 12.6 Å². The third kappa shape index (κ3) is 9.93. The van der Waals surface area contributed by atoms with Gasteiger partial charge in [0.25, 0.3) is 0 Å². The van der Waals surface area contributed by atoms with Crippen LogP contribution in [0.2, 0.25) is 0 Å². The molecule has 0 amide bonds. The van der Waals surface area contributed by atoms with E-state index in [4.69, 9.17) is 9.47 Å². The van der Waals surface area contributed by atoms with Gasteiger partial charge in [0.2, 0.25) is 0 Å². The lowest BCUT2D eigenvalue weighted by Crippen LogP contribution is -2.31. The van der Waals surface area contributed by atoms with Crippen LogP contribution in [0.3, 0.4) is 0 Å². The Hall–Kier alpha value is -0.610. The molecule has 4 nitrogen and oxygen atoms in total. The van der Waals surface area contributed by atoms with E-state index in [2.05, 4.69) is 26.1 Å². The molecule has 16 heavy (non-hydrogen) atoms. The smallest absolute Gasteiger partial charge is 0.332 e. The maximum Gasteiger partial charge on any atom is 0.332 e. The minimum Gasteiger partial charge on any atom is -0.464 e. The molecule has 96 valence electrons. The monoisotopic (exact) mass is 231 g/mol. The van der Waals surface area contributed by atoms with Crippen molar-refractivity contribution in [2.24, 2.45) is 5.92 Å². The van der Waals surface area contributed by atoms with Crippen molar-refractivity contribution in [2.45, 2.75) is 40.2 Å². The van der Waals surface area contributed by atoms with Crippen LogP contribution in [0.5, 0.6) is 0 Å².